The van der Waals surface area contributed by atoms with Crippen molar-refractivity contribution in [1.82, 2.24) is 0 Å². The predicted octanol–water partition coefficient (Wildman–Crippen LogP) is 5.56. The molecule has 0 radical (unpaired) electrons. The van der Waals surface area contributed by atoms with Gasteiger partial charge in [0.05, 0.1) is 27.7 Å². The summed E-state index contributed by atoms with van der Waals surface area (Å²) in [5.74, 6) is -0.858. The van der Waals surface area contributed by atoms with E-state index in [1.54, 1.807) is 0 Å². The molecular formula is C26H51NO8P+. The molecule has 0 aromatic carbocycles. The van der Waals surface area contributed by atoms with Crippen LogP contribution in [-0.2, 0) is 32.7 Å². The number of nitrogens with zero attached hydrogens (tertiary/aromatic N) is 1. The van der Waals surface area contributed by atoms with Gasteiger partial charge < -0.3 is 18.9 Å². The van der Waals surface area contributed by atoms with Crippen molar-refractivity contribution in [2.45, 2.75) is 97.0 Å². The predicted molar refractivity (Wildman–Crippen MR) is 141 cm³/mol. The standard InChI is InChI=1S/C26H50NO8P/c1-6-8-10-11-12-13-14-15-16-17-19-26(29)35-24(22-32-25(28)18-9-7-2)23-34-36(30,31)33-21-20-27(3,4)5/h10-11,24H,6-9,12-23H2,1-5H3/p+1/b11-10+/t24-/m0/s1. The number of allylic oxidation sites excluding steroid dienone is 2. The number of hydrogen-bond acceptors (Lipinski definition) is 7. The molecule has 0 bridgehead atoms. The molecule has 0 fully saturated rings. The van der Waals surface area contributed by atoms with Gasteiger partial charge in [-0.2, -0.15) is 0 Å². The highest BCUT2D eigenvalue weighted by atomic mass is 31.2. The molecule has 9 nitrogen and oxygen atoms in total. The van der Waals surface area contributed by atoms with Crippen molar-refractivity contribution >= 4 is 19.8 Å². The SMILES string of the molecule is CCC/C=C/CCCCCCCC(=O)O[C@@H](COC(=O)CCCC)COP(=O)(O)OCC[N+](C)(C)C. The molecule has 0 spiro atoms. The third kappa shape index (κ3) is 23.2. The highest BCUT2D eigenvalue weighted by Crippen LogP contribution is 2.43. The van der Waals surface area contributed by atoms with Crippen molar-refractivity contribution in [3.05, 3.63) is 12.2 Å². The molecule has 0 amide bonds. The summed E-state index contributed by atoms with van der Waals surface area (Å²) in [5.41, 5.74) is 0. The van der Waals surface area contributed by atoms with E-state index in [1.165, 1.54) is 6.42 Å². The van der Waals surface area contributed by atoms with Gasteiger partial charge in [0, 0.05) is 12.8 Å². The number of phosphoric ester groups is 1. The molecule has 0 saturated heterocycles. The first-order chi connectivity index (χ1) is 17.0. The first-order valence-electron chi connectivity index (χ1n) is 13.4. The summed E-state index contributed by atoms with van der Waals surface area (Å²) < 4.78 is 33.4. The van der Waals surface area contributed by atoms with Crippen molar-refractivity contribution in [1.29, 1.82) is 0 Å². The maximum Gasteiger partial charge on any atom is 0.472 e. The monoisotopic (exact) mass is 536 g/mol. The minimum absolute atomic E-state index is 0.0305. The van der Waals surface area contributed by atoms with Gasteiger partial charge in [0.1, 0.15) is 19.8 Å². The van der Waals surface area contributed by atoms with Crippen LogP contribution in [0.2, 0.25) is 0 Å². The molecule has 0 aromatic heterocycles. The molecule has 0 heterocycles. The first kappa shape index (κ1) is 34.8. The van der Waals surface area contributed by atoms with E-state index in [-0.39, 0.29) is 26.1 Å². The van der Waals surface area contributed by atoms with E-state index in [2.05, 4.69) is 19.1 Å². The second-order valence-electron chi connectivity index (χ2n) is 10.1. The fourth-order valence-corrected chi connectivity index (χ4v) is 3.79. The average Bonchev–Trinajstić information content (AvgIpc) is 2.79. The van der Waals surface area contributed by atoms with E-state index >= 15 is 0 Å². The van der Waals surface area contributed by atoms with Crippen LogP contribution in [-0.4, -0.2) is 74.9 Å². The minimum Gasteiger partial charge on any atom is -0.462 e. The summed E-state index contributed by atoms with van der Waals surface area (Å²) in [6, 6.07) is 0. The summed E-state index contributed by atoms with van der Waals surface area (Å²) in [4.78, 5) is 34.1. The second kappa shape index (κ2) is 20.8. The molecule has 1 unspecified atom stereocenters. The fourth-order valence-electron chi connectivity index (χ4n) is 3.05. The van der Waals surface area contributed by atoms with E-state index in [1.807, 2.05) is 28.1 Å². The second-order valence-corrected chi connectivity index (χ2v) is 11.5. The summed E-state index contributed by atoms with van der Waals surface area (Å²) in [5, 5.41) is 0. The van der Waals surface area contributed by atoms with Gasteiger partial charge >= 0.3 is 19.8 Å². The number of carbonyl (C=O) groups is 2. The van der Waals surface area contributed by atoms with Crippen LogP contribution in [0.4, 0.5) is 0 Å². The van der Waals surface area contributed by atoms with E-state index in [0.717, 1.165) is 44.9 Å². The van der Waals surface area contributed by atoms with Crippen LogP contribution in [0.15, 0.2) is 12.2 Å². The Morgan fingerprint density at radius 1 is 0.833 bits per heavy atom. The highest BCUT2D eigenvalue weighted by molar-refractivity contribution is 7.47. The third-order valence-electron chi connectivity index (χ3n) is 5.28. The summed E-state index contributed by atoms with van der Waals surface area (Å²) in [6.45, 7) is 4.03. The minimum atomic E-state index is -4.33. The Hall–Kier alpha value is -1.25. The first-order valence-corrected chi connectivity index (χ1v) is 14.9. The van der Waals surface area contributed by atoms with Gasteiger partial charge in [-0.05, 0) is 32.1 Å². The molecule has 36 heavy (non-hydrogen) atoms. The quantitative estimate of drug-likeness (QED) is 0.0595. The molecule has 10 heteroatoms. The maximum atomic E-state index is 12.3. The van der Waals surface area contributed by atoms with Crippen LogP contribution in [0.5, 0.6) is 0 Å². The Bertz CT molecular complexity index is 663. The number of esters is 2. The molecule has 0 saturated carbocycles. The normalized spacial score (nSPS) is 14.5. The number of carbonyl (C=O) groups excluding carboxylic acids is 2. The smallest absolute Gasteiger partial charge is 0.462 e. The summed E-state index contributed by atoms with van der Waals surface area (Å²) in [6.07, 6.45) is 13.8. The average molecular weight is 537 g/mol. The Kier molecular flexibility index (Phi) is 20.0. The Morgan fingerprint density at radius 3 is 2.14 bits per heavy atom. The Balaban J connectivity index is 4.48. The van der Waals surface area contributed by atoms with E-state index in [0.29, 0.717) is 23.9 Å². The number of quaternary nitrogens is 1. The summed E-state index contributed by atoms with van der Waals surface area (Å²) >= 11 is 0. The van der Waals surface area contributed by atoms with E-state index in [4.69, 9.17) is 18.5 Å². The largest absolute Gasteiger partial charge is 0.472 e. The van der Waals surface area contributed by atoms with Crippen LogP contribution >= 0.6 is 7.82 Å². The zero-order valence-electron chi connectivity index (χ0n) is 23.2. The van der Waals surface area contributed by atoms with Crippen LogP contribution in [0.25, 0.3) is 0 Å². The van der Waals surface area contributed by atoms with Crippen molar-refractivity contribution in [3.8, 4) is 0 Å². The molecule has 0 aliphatic carbocycles. The molecule has 0 aromatic rings. The molecule has 1 N–H and O–H groups in total. The molecule has 0 aliphatic heterocycles. The van der Waals surface area contributed by atoms with Crippen LogP contribution in [0, 0.1) is 0 Å². The Labute approximate surface area is 218 Å². The fraction of sp³-hybridized carbons (Fsp3) is 0.846. The van der Waals surface area contributed by atoms with Crippen LogP contribution in [0.3, 0.4) is 0 Å². The van der Waals surface area contributed by atoms with Crippen molar-refractivity contribution in [2.75, 3.05) is 47.5 Å². The number of unbranched alkanes of at least 4 members (excludes halogenated alkanes) is 7. The van der Waals surface area contributed by atoms with Gasteiger partial charge in [0.2, 0.25) is 0 Å². The molecular weight excluding hydrogens is 485 g/mol. The topological polar surface area (TPSA) is 108 Å². The number of rotatable bonds is 23. The van der Waals surface area contributed by atoms with E-state index < -0.39 is 32.5 Å². The lowest BCUT2D eigenvalue weighted by Crippen LogP contribution is -2.37. The van der Waals surface area contributed by atoms with Gasteiger partial charge in [-0.25, -0.2) is 4.57 Å². The lowest BCUT2D eigenvalue weighted by molar-refractivity contribution is -0.870. The number of ether oxygens (including phenoxy) is 2. The van der Waals surface area contributed by atoms with Crippen molar-refractivity contribution < 1.29 is 42.1 Å². The maximum absolute atomic E-state index is 12.3. The lowest BCUT2D eigenvalue weighted by Gasteiger charge is -2.24. The zero-order chi connectivity index (χ0) is 27.3. The van der Waals surface area contributed by atoms with Crippen LogP contribution < -0.4 is 0 Å². The molecule has 0 aliphatic rings. The third-order valence-corrected chi connectivity index (χ3v) is 6.26. The molecule has 2 atom stereocenters. The highest BCUT2D eigenvalue weighted by Gasteiger charge is 2.26. The van der Waals surface area contributed by atoms with Gasteiger partial charge in [0.25, 0.3) is 0 Å². The van der Waals surface area contributed by atoms with Gasteiger partial charge in [0.15, 0.2) is 6.10 Å². The number of phosphoric acid groups is 1. The Morgan fingerprint density at radius 2 is 1.47 bits per heavy atom. The molecule has 0 rings (SSSR count). The van der Waals surface area contributed by atoms with Gasteiger partial charge in [-0.1, -0.05) is 58.1 Å². The van der Waals surface area contributed by atoms with E-state index in [9.17, 15) is 19.0 Å². The number of hydrogen-bond donors (Lipinski definition) is 1. The summed E-state index contributed by atoms with van der Waals surface area (Å²) in [7, 11) is 1.46. The zero-order valence-corrected chi connectivity index (χ0v) is 24.1. The van der Waals surface area contributed by atoms with Crippen molar-refractivity contribution in [2.24, 2.45) is 0 Å². The molecule has 212 valence electrons. The number of likely N-dealkylation sites (N-methyl/N-ethyl adjacent to an activating group) is 1. The van der Waals surface area contributed by atoms with Gasteiger partial charge in [-0.3, -0.25) is 18.6 Å². The lowest BCUT2D eigenvalue weighted by atomic mass is 10.1. The van der Waals surface area contributed by atoms with Gasteiger partial charge in [-0.15, -0.1) is 0 Å². The van der Waals surface area contributed by atoms with Crippen molar-refractivity contribution in [3.63, 3.8) is 0 Å². The van der Waals surface area contributed by atoms with Crippen LogP contribution in [0.1, 0.15) is 90.9 Å².